The Balaban J connectivity index is 2.02. The lowest BCUT2D eigenvalue weighted by molar-refractivity contribution is 0.387. The number of nitrogens with zero attached hydrogens (tertiary/aromatic N) is 2. The molecule has 3 N–H and O–H groups in total. The van der Waals surface area contributed by atoms with Crippen LogP contribution in [-0.4, -0.2) is 25.1 Å². The van der Waals surface area contributed by atoms with Crippen molar-refractivity contribution in [3.63, 3.8) is 0 Å². The summed E-state index contributed by atoms with van der Waals surface area (Å²) in [7, 11) is -3.58. The van der Waals surface area contributed by atoms with Crippen LogP contribution in [0.25, 0.3) is 0 Å². The summed E-state index contributed by atoms with van der Waals surface area (Å²) < 4.78 is 31.9. The summed E-state index contributed by atoms with van der Waals surface area (Å²) in [6.45, 7) is 1.86. The van der Waals surface area contributed by atoms with E-state index in [4.69, 9.17) is 10.3 Å². The quantitative estimate of drug-likeness (QED) is 0.776. The number of anilines is 1. The van der Waals surface area contributed by atoms with Crippen LogP contribution in [0.3, 0.4) is 0 Å². The smallest absolute Gasteiger partial charge is 0.240 e. The van der Waals surface area contributed by atoms with E-state index in [1.165, 1.54) is 18.2 Å². The Bertz CT molecular complexity index is 714. The molecule has 1 aromatic heterocycles. The normalized spacial score (nSPS) is 11.7. The van der Waals surface area contributed by atoms with Gasteiger partial charge in [-0.15, -0.1) is 0 Å². The van der Waals surface area contributed by atoms with Gasteiger partial charge in [-0.3, -0.25) is 0 Å². The third-order valence-corrected chi connectivity index (χ3v) is 4.64. The van der Waals surface area contributed by atoms with E-state index in [0.717, 1.165) is 0 Å². The zero-order valence-electron chi connectivity index (χ0n) is 10.6. The Labute approximate surface area is 124 Å². The van der Waals surface area contributed by atoms with Crippen LogP contribution in [0.5, 0.6) is 0 Å². The minimum Gasteiger partial charge on any atom is -0.398 e. The standard InChI is InChI=1S/C11H13BrN4O3S/c1-7-15-11(16-19-7)4-5-14-20(17,18)8-2-3-10(13)9(12)6-8/h2-3,6,14H,4-5,13H2,1H3. The second-order valence-electron chi connectivity index (χ2n) is 4.06. The highest BCUT2D eigenvalue weighted by atomic mass is 79.9. The Morgan fingerprint density at radius 2 is 2.20 bits per heavy atom. The minimum absolute atomic E-state index is 0.142. The molecule has 0 spiro atoms. The van der Waals surface area contributed by atoms with Crippen LogP contribution in [0.1, 0.15) is 11.7 Å². The van der Waals surface area contributed by atoms with Crippen LogP contribution in [0.15, 0.2) is 32.1 Å². The molecule has 7 nitrogen and oxygen atoms in total. The number of nitrogen functional groups attached to an aromatic ring is 1. The van der Waals surface area contributed by atoms with E-state index < -0.39 is 10.0 Å². The fourth-order valence-electron chi connectivity index (χ4n) is 1.50. The van der Waals surface area contributed by atoms with Crippen LogP contribution in [0.4, 0.5) is 5.69 Å². The van der Waals surface area contributed by atoms with Gasteiger partial charge in [0.2, 0.25) is 15.9 Å². The predicted molar refractivity (Wildman–Crippen MR) is 76.5 cm³/mol. The molecule has 0 aliphatic carbocycles. The molecule has 1 heterocycles. The van der Waals surface area contributed by atoms with Gasteiger partial charge in [-0.25, -0.2) is 13.1 Å². The maximum absolute atomic E-state index is 12.1. The molecule has 0 aliphatic heterocycles. The minimum atomic E-state index is -3.58. The molecule has 0 bridgehead atoms. The summed E-state index contributed by atoms with van der Waals surface area (Å²) in [5, 5.41) is 3.69. The zero-order chi connectivity index (χ0) is 14.8. The average Bonchev–Trinajstić information content (AvgIpc) is 2.78. The molecule has 0 fully saturated rings. The number of hydrogen-bond acceptors (Lipinski definition) is 6. The van der Waals surface area contributed by atoms with Crippen molar-refractivity contribution < 1.29 is 12.9 Å². The molecular weight excluding hydrogens is 348 g/mol. The van der Waals surface area contributed by atoms with Gasteiger partial charge >= 0.3 is 0 Å². The van der Waals surface area contributed by atoms with E-state index in [-0.39, 0.29) is 11.4 Å². The first kappa shape index (κ1) is 14.9. The lowest BCUT2D eigenvalue weighted by Crippen LogP contribution is -2.26. The second kappa shape index (κ2) is 5.90. The van der Waals surface area contributed by atoms with Gasteiger partial charge in [0.05, 0.1) is 4.90 Å². The van der Waals surface area contributed by atoms with Crippen LogP contribution in [0, 0.1) is 6.92 Å². The average molecular weight is 361 g/mol. The first-order chi connectivity index (χ1) is 9.38. The largest absolute Gasteiger partial charge is 0.398 e. The van der Waals surface area contributed by atoms with Gasteiger partial charge in [0, 0.05) is 30.0 Å². The maximum atomic E-state index is 12.1. The molecule has 108 valence electrons. The highest BCUT2D eigenvalue weighted by molar-refractivity contribution is 9.10. The highest BCUT2D eigenvalue weighted by Crippen LogP contribution is 2.22. The molecule has 0 atom stereocenters. The summed E-state index contributed by atoms with van der Waals surface area (Å²) in [6, 6.07) is 4.43. The number of rotatable bonds is 5. The fourth-order valence-corrected chi connectivity index (χ4v) is 3.09. The monoisotopic (exact) mass is 360 g/mol. The Morgan fingerprint density at radius 3 is 2.80 bits per heavy atom. The molecule has 0 unspecified atom stereocenters. The summed E-state index contributed by atoms with van der Waals surface area (Å²) >= 11 is 3.20. The molecule has 2 aromatic rings. The maximum Gasteiger partial charge on any atom is 0.240 e. The fraction of sp³-hybridized carbons (Fsp3) is 0.273. The topological polar surface area (TPSA) is 111 Å². The number of nitrogens with two attached hydrogens (primary N) is 1. The SMILES string of the molecule is Cc1nc(CCNS(=O)(=O)c2ccc(N)c(Br)c2)no1. The van der Waals surface area contributed by atoms with Crippen LogP contribution < -0.4 is 10.5 Å². The summed E-state index contributed by atoms with van der Waals surface area (Å²) in [5.74, 6) is 0.911. The van der Waals surface area contributed by atoms with Gasteiger partial charge in [-0.2, -0.15) is 4.98 Å². The number of benzene rings is 1. The van der Waals surface area contributed by atoms with Crippen molar-refractivity contribution in [2.24, 2.45) is 0 Å². The molecule has 1 aromatic carbocycles. The van der Waals surface area contributed by atoms with Gasteiger partial charge in [-0.1, -0.05) is 5.16 Å². The molecule has 0 saturated carbocycles. The van der Waals surface area contributed by atoms with Crippen molar-refractivity contribution in [1.82, 2.24) is 14.9 Å². The summed E-state index contributed by atoms with van der Waals surface area (Å²) in [6.07, 6.45) is 0.354. The van der Waals surface area contributed by atoms with Crippen molar-refractivity contribution in [2.45, 2.75) is 18.2 Å². The number of nitrogens with one attached hydrogen (secondary N) is 1. The Hall–Kier alpha value is -1.45. The van der Waals surface area contributed by atoms with E-state index >= 15 is 0 Å². The molecule has 0 saturated heterocycles. The van der Waals surface area contributed by atoms with Crippen LogP contribution >= 0.6 is 15.9 Å². The van der Waals surface area contributed by atoms with E-state index in [0.29, 0.717) is 28.3 Å². The van der Waals surface area contributed by atoms with Crippen LogP contribution in [0.2, 0.25) is 0 Å². The molecule has 0 aliphatic rings. The third-order valence-electron chi connectivity index (χ3n) is 2.49. The van der Waals surface area contributed by atoms with E-state index in [1.54, 1.807) is 6.92 Å². The van der Waals surface area contributed by atoms with Gasteiger partial charge in [-0.05, 0) is 34.1 Å². The lowest BCUT2D eigenvalue weighted by Gasteiger charge is -2.07. The summed E-state index contributed by atoms with van der Waals surface area (Å²) in [4.78, 5) is 4.13. The highest BCUT2D eigenvalue weighted by Gasteiger charge is 2.15. The lowest BCUT2D eigenvalue weighted by atomic mass is 10.3. The van der Waals surface area contributed by atoms with Gasteiger partial charge in [0.15, 0.2) is 5.82 Å². The Morgan fingerprint density at radius 1 is 1.45 bits per heavy atom. The number of hydrogen-bond donors (Lipinski definition) is 2. The van der Waals surface area contributed by atoms with Crippen molar-refractivity contribution in [2.75, 3.05) is 12.3 Å². The van der Waals surface area contributed by atoms with E-state index in [2.05, 4.69) is 30.8 Å². The molecule has 20 heavy (non-hydrogen) atoms. The van der Waals surface area contributed by atoms with E-state index in [9.17, 15) is 8.42 Å². The number of aromatic nitrogens is 2. The first-order valence-electron chi connectivity index (χ1n) is 5.72. The number of aryl methyl sites for hydroxylation is 1. The predicted octanol–water partition coefficient (Wildman–Crippen LogP) is 1.24. The molecule has 0 amide bonds. The van der Waals surface area contributed by atoms with Crippen molar-refractivity contribution in [3.8, 4) is 0 Å². The third kappa shape index (κ3) is 3.56. The van der Waals surface area contributed by atoms with Gasteiger partial charge in [0.1, 0.15) is 0 Å². The summed E-state index contributed by atoms with van der Waals surface area (Å²) in [5.41, 5.74) is 6.10. The first-order valence-corrected chi connectivity index (χ1v) is 8.00. The molecular formula is C11H13BrN4O3S. The molecule has 9 heteroatoms. The molecule has 2 rings (SSSR count). The molecule has 0 radical (unpaired) electrons. The Kier molecular flexibility index (Phi) is 4.41. The zero-order valence-corrected chi connectivity index (χ0v) is 13.0. The van der Waals surface area contributed by atoms with Gasteiger partial charge in [0.25, 0.3) is 0 Å². The van der Waals surface area contributed by atoms with Crippen molar-refractivity contribution in [3.05, 3.63) is 34.4 Å². The number of sulfonamides is 1. The van der Waals surface area contributed by atoms with Crippen molar-refractivity contribution in [1.29, 1.82) is 0 Å². The van der Waals surface area contributed by atoms with Crippen molar-refractivity contribution >= 4 is 31.6 Å². The number of halogens is 1. The van der Waals surface area contributed by atoms with Gasteiger partial charge < -0.3 is 10.3 Å². The second-order valence-corrected chi connectivity index (χ2v) is 6.68. The van der Waals surface area contributed by atoms with E-state index in [1.807, 2.05) is 0 Å². The van der Waals surface area contributed by atoms with Crippen LogP contribution in [-0.2, 0) is 16.4 Å².